The number of hydrogen-bond donors (Lipinski definition) is 0. The van der Waals surface area contributed by atoms with Crippen LogP contribution in [0.25, 0.3) is 192 Å². The first-order valence-corrected chi connectivity index (χ1v) is 51.8. The van der Waals surface area contributed by atoms with Crippen molar-refractivity contribution >= 4 is 216 Å². The summed E-state index contributed by atoms with van der Waals surface area (Å²) < 4.78 is 50.1. The van der Waals surface area contributed by atoms with Crippen LogP contribution in [0.15, 0.2) is 540 Å². The summed E-state index contributed by atoms with van der Waals surface area (Å²) in [4.78, 5) is 6.29. The highest BCUT2D eigenvalue weighted by molar-refractivity contribution is 6.34. The van der Waals surface area contributed by atoms with E-state index in [2.05, 4.69) is 474 Å². The molecule has 28 aromatic rings. The predicted molar refractivity (Wildman–Crippen MR) is 640 cm³/mol. The van der Waals surface area contributed by atoms with Gasteiger partial charge in [0.25, 0.3) is 0 Å². The van der Waals surface area contributed by atoms with Gasteiger partial charge in [0.1, 0.15) is 0 Å². The molecule has 0 radical (unpaired) electrons. The average molecular weight is 1980 g/mol. The Morgan fingerprint density at radius 1 is 0.200 bits per heavy atom. The second-order valence-corrected chi connectivity index (χ2v) is 40.4. The summed E-state index contributed by atoms with van der Waals surface area (Å²) in [6.45, 7) is 4.65. The molecule has 710 valence electrons. The van der Waals surface area contributed by atoms with Gasteiger partial charge in [-0.25, -0.2) is 0 Å². The van der Waals surface area contributed by atoms with Crippen molar-refractivity contribution in [3.8, 4) is 61.6 Å². The number of anilines is 9. The minimum atomic E-state index is -0.445. The molecule has 0 amide bonds. The lowest BCUT2D eigenvalue weighted by atomic mass is 9.82. The molecule has 150 heavy (non-hydrogen) atoms. The maximum absolute atomic E-state index is 8.90. The van der Waals surface area contributed by atoms with E-state index in [0.717, 1.165) is 112 Å². The van der Waals surface area contributed by atoms with Gasteiger partial charge in [-0.15, -0.1) is 0 Å². The molecule has 0 aliphatic heterocycles. The first-order valence-electron chi connectivity index (χ1n) is 53.1. The van der Waals surface area contributed by atoms with Gasteiger partial charge in [-0.1, -0.05) is 376 Å². The zero-order valence-electron chi connectivity index (χ0n) is 86.8. The fraction of sp³-hybridized carbons (Fsp3) is 0.0213. The minimum absolute atomic E-state index is 0.0433. The van der Waals surface area contributed by atoms with Crippen LogP contribution < -0.4 is 14.7 Å². The quantitative estimate of drug-likeness (QED) is 0.102. The zero-order valence-corrected chi connectivity index (χ0v) is 84.1. The normalized spacial score (nSPS) is 12.6. The van der Waals surface area contributed by atoms with E-state index in [-0.39, 0.29) is 23.2 Å². The lowest BCUT2D eigenvalue weighted by Gasteiger charge is -2.27. The maximum Gasteiger partial charge on any atom is 0.0645 e. The number of para-hydroxylation sites is 8. The van der Waals surface area contributed by atoms with Crippen LogP contribution in [0.3, 0.4) is 0 Å². The largest absolute Gasteiger partial charge is 0.310 e. The fourth-order valence-electron chi connectivity index (χ4n) is 23.3. The summed E-state index contributed by atoms with van der Waals surface area (Å²) in [6.07, 6.45) is 0. The Hall–Kier alpha value is -18.3. The molecule has 3 aromatic heterocycles. The molecule has 0 N–H and O–H groups in total. The molecule has 6 nitrogen and oxygen atoms in total. The van der Waals surface area contributed by atoms with Gasteiger partial charge >= 0.3 is 0 Å². The van der Waals surface area contributed by atoms with Crippen molar-refractivity contribution in [1.29, 1.82) is 0 Å². The van der Waals surface area contributed by atoms with Gasteiger partial charge in [0.15, 0.2) is 0 Å². The van der Waals surface area contributed by atoms with Crippen molar-refractivity contribution in [1.82, 2.24) is 13.7 Å². The molecule has 1 aliphatic carbocycles. The molecule has 25 aromatic carbocycles. The summed E-state index contributed by atoms with van der Waals surface area (Å²) in [5.41, 5.74) is 29.3. The van der Waals surface area contributed by atoms with Crippen LogP contribution in [0.1, 0.15) is 31.8 Å². The number of hydrogen-bond acceptors (Lipinski definition) is 3. The Morgan fingerprint density at radius 3 is 1.15 bits per heavy atom. The standard InChI is InChI=1S/C53H37ClN2.2C44H29ClN2/c1-53(2)49-20-12-11-19-45(49)47-33-42(24-26-50(47)53)55(40-14-5-3-6-15-40)43-29-38(28-39(54)32-43)35-21-22-36-31-51-48(30-37(36)27-35)46-25-23-34-13-9-10-18-44(34)52(46)56(51)41-16-7-4-8-17-41;45-33-24-32(25-37(28-33)46(34-16-4-1-5-17-34)35-18-6-2-7-19-35)40-29-43-44(39-23-13-12-22-38(39)40)41-26-30-14-10-11-15-31(30)27-42(41)47(43)36-20-8-3-9-21-36;45-32-26-31(27-36(28-32)46(33-15-4-1-5-16-33)34-17-6-2-7-18-34)40-29-42-44(39-23-13-12-22-38(39)40)43-37-21-11-10-14-30(37)24-25-41(43)47(42)35-19-8-3-9-20-35/h3-33H,1-2H3;2*1-29H/i;;1D,4D,5D,15D,16D. The lowest BCUT2D eigenvalue weighted by molar-refractivity contribution is 0.660. The van der Waals surface area contributed by atoms with E-state index in [1.807, 2.05) is 66.7 Å². The van der Waals surface area contributed by atoms with Crippen LogP contribution in [0, 0.1) is 0 Å². The number of aromatic nitrogens is 3. The molecule has 9 heteroatoms. The Morgan fingerprint density at radius 2 is 0.587 bits per heavy atom. The maximum atomic E-state index is 8.90. The zero-order chi connectivity index (χ0) is 105. The van der Waals surface area contributed by atoms with E-state index in [1.54, 1.807) is 11.0 Å². The number of nitrogens with zero attached hydrogens (tertiary/aromatic N) is 6. The second-order valence-electron chi connectivity index (χ2n) is 39.1. The Balaban J connectivity index is 0.000000114. The number of fused-ring (bicyclic) bond motifs is 22. The van der Waals surface area contributed by atoms with Gasteiger partial charge in [-0.05, 0) is 327 Å². The number of halogens is 3. The van der Waals surface area contributed by atoms with Crippen molar-refractivity contribution in [3.05, 3.63) is 566 Å². The number of rotatable bonds is 15. The summed E-state index contributed by atoms with van der Waals surface area (Å²) >= 11 is 21.0. The van der Waals surface area contributed by atoms with Gasteiger partial charge in [-0.2, -0.15) is 0 Å². The Kier molecular flexibility index (Phi) is 21.3. The van der Waals surface area contributed by atoms with Gasteiger partial charge < -0.3 is 28.4 Å². The van der Waals surface area contributed by atoms with Crippen LogP contribution >= 0.6 is 34.8 Å². The average Bonchev–Trinajstić information content (AvgIpc) is 1.55. The van der Waals surface area contributed by atoms with Crippen molar-refractivity contribution in [3.63, 3.8) is 0 Å². The van der Waals surface area contributed by atoms with Gasteiger partial charge in [0.05, 0.1) is 40.0 Å². The monoisotopic (exact) mass is 1980 g/mol. The van der Waals surface area contributed by atoms with E-state index in [9.17, 15) is 0 Å². The van der Waals surface area contributed by atoms with E-state index >= 15 is 0 Å². The van der Waals surface area contributed by atoms with Crippen molar-refractivity contribution < 1.29 is 6.85 Å². The highest BCUT2D eigenvalue weighted by atomic mass is 35.5. The van der Waals surface area contributed by atoms with Crippen molar-refractivity contribution in [2.45, 2.75) is 19.3 Å². The second kappa shape index (κ2) is 37.7. The fourth-order valence-corrected chi connectivity index (χ4v) is 24.0. The topological polar surface area (TPSA) is 24.5 Å². The van der Waals surface area contributed by atoms with Gasteiger partial charge in [-0.3, -0.25) is 0 Å². The first-order chi connectivity index (χ1) is 76.0. The molecule has 0 bridgehead atoms. The van der Waals surface area contributed by atoms with Crippen molar-refractivity contribution in [2.24, 2.45) is 0 Å². The molecular weight excluding hydrogens is 1880 g/mol. The van der Waals surface area contributed by atoms with E-state index in [0.29, 0.717) is 26.4 Å². The van der Waals surface area contributed by atoms with Crippen LogP contribution in [0.2, 0.25) is 15.1 Å². The van der Waals surface area contributed by atoms with Crippen LogP contribution in [0.5, 0.6) is 0 Å². The van der Waals surface area contributed by atoms with Crippen LogP contribution in [-0.4, -0.2) is 13.7 Å². The van der Waals surface area contributed by atoms with E-state index in [1.165, 1.54) is 125 Å². The summed E-state index contributed by atoms with van der Waals surface area (Å²) in [6, 6.07) is 178. The molecule has 0 saturated carbocycles. The molecule has 0 fully saturated rings. The molecule has 3 heterocycles. The Labute approximate surface area is 891 Å². The SMILES string of the molecule is CC1(C)c2ccccc2-c2cc(N(c3ccccc3)c3cc(Cl)cc(-c4ccc5cc6c(cc5c4)c4ccc5ccccc5c4n6-c4ccccc4)c3)ccc21.Clc1cc(-c2cc3c(c4ccccc24)c2cc4ccccc4cc2n3-c2ccccc2)cc(N(c2ccccc2)c2ccccc2)c1.[2H]c1c([2H])c([2H])c(N(c2ccccc2)c2cc(Cl)cc(-c3cc4c(c5ccccc35)c3c5ccccc5ccc3n4-c3ccccc3)c2)c([2H])c1[2H]. The lowest BCUT2D eigenvalue weighted by Crippen LogP contribution is -2.15. The molecular formula is C141H95Cl3N6. The molecule has 0 saturated heterocycles. The molecule has 1 aliphatic rings. The predicted octanol–water partition coefficient (Wildman–Crippen LogP) is 40.9. The molecule has 0 unspecified atom stereocenters. The van der Waals surface area contributed by atoms with Gasteiger partial charge in [0.2, 0.25) is 0 Å². The third kappa shape index (κ3) is 15.9. The molecule has 29 rings (SSSR count). The highest BCUT2D eigenvalue weighted by Crippen LogP contribution is 2.54. The summed E-state index contributed by atoms with van der Waals surface area (Å²) in [5, 5.41) is 23.4. The number of benzene rings is 25. The van der Waals surface area contributed by atoms with Crippen molar-refractivity contribution in [2.75, 3.05) is 14.7 Å². The summed E-state index contributed by atoms with van der Waals surface area (Å²) in [5.74, 6) is 0. The Bertz CT molecular complexity index is 10400. The third-order valence-electron chi connectivity index (χ3n) is 29.9. The third-order valence-corrected chi connectivity index (χ3v) is 30.6. The molecule has 0 atom stereocenters. The summed E-state index contributed by atoms with van der Waals surface area (Å²) in [7, 11) is 0. The van der Waals surface area contributed by atoms with Gasteiger partial charge in [0, 0.05) is 126 Å². The van der Waals surface area contributed by atoms with Crippen LogP contribution in [0.4, 0.5) is 51.2 Å². The molecule has 0 spiro atoms. The van der Waals surface area contributed by atoms with E-state index < -0.39 is 18.1 Å². The minimum Gasteiger partial charge on any atom is -0.310 e. The van der Waals surface area contributed by atoms with E-state index in [4.69, 9.17) is 41.7 Å². The van der Waals surface area contributed by atoms with Crippen LogP contribution in [-0.2, 0) is 5.41 Å². The smallest absolute Gasteiger partial charge is 0.0645 e. The highest BCUT2D eigenvalue weighted by Gasteiger charge is 2.36. The first kappa shape index (κ1) is 85.0.